The number of rotatable bonds is 30. The molecule has 0 spiro atoms. The molecule has 0 aromatic carbocycles. The molecule has 0 heterocycles. The molecule has 2 atom stereocenters. The molecule has 2 unspecified atom stereocenters. The number of phosphoric ester groups is 1. The number of allylic oxidation sites excluding steroid dienone is 8. The monoisotopic (exact) mass is 640 g/mol. The molecule has 0 amide bonds. The zero-order valence-corrected chi connectivity index (χ0v) is 28.7. The quantitative estimate of drug-likeness (QED) is 0.0358. The summed E-state index contributed by atoms with van der Waals surface area (Å²) in [6, 6.07) is 0. The number of phosphoric acid groups is 1. The fourth-order valence-corrected chi connectivity index (χ4v) is 4.65. The van der Waals surface area contributed by atoms with Crippen LogP contribution >= 0.6 is 7.82 Å². The minimum absolute atomic E-state index is 0.206. The Hall–Kier alpha value is -1.99. The number of ether oxygens (including phenoxy) is 2. The van der Waals surface area contributed by atoms with Crippen molar-refractivity contribution in [2.75, 3.05) is 20.3 Å². The van der Waals surface area contributed by atoms with Gasteiger partial charge in [-0.05, 0) is 70.6 Å². The Kier molecular flexibility index (Phi) is 29.6. The van der Waals surface area contributed by atoms with Crippen molar-refractivity contribution >= 4 is 19.8 Å². The van der Waals surface area contributed by atoms with E-state index in [4.69, 9.17) is 14.0 Å². The van der Waals surface area contributed by atoms with Crippen molar-refractivity contribution in [1.29, 1.82) is 0 Å². The SMILES string of the molecule is CC/C=C\C/C=C\C/C=C\CCCCCC(=O)OC(COC(=O)CCCCCCC/C=C\CCCCC)COP(=O)(O)OC. The summed E-state index contributed by atoms with van der Waals surface area (Å²) in [6.07, 6.45) is 34.5. The summed E-state index contributed by atoms with van der Waals surface area (Å²) in [7, 11) is -3.21. The molecule has 8 nitrogen and oxygen atoms in total. The smallest absolute Gasteiger partial charge is 0.462 e. The van der Waals surface area contributed by atoms with Gasteiger partial charge in [-0.25, -0.2) is 4.57 Å². The average molecular weight is 641 g/mol. The van der Waals surface area contributed by atoms with Gasteiger partial charge in [0.25, 0.3) is 0 Å². The highest BCUT2D eigenvalue weighted by Gasteiger charge is 2.24. The van der Waals surface area contributed by atoms with Crippen LogP contribution in [0.5, 0.6) is 0 Å². The van der Waals surface area contributed by atoms with Gasteiger partial charge in [-0.3, -0.25) is 18.6 Å². The van der Waals surface area contributed by atoms with Gasteiger partial charge in [-0.2, -0.15) is 0 Å². The van der Waals surface area contributed by atoms with Crippen molar-refractivity contribution in [3.63, 3.8) is 0 Å². The summed E-state index contributed by atoms with van der Waals surface area (Å²) in [4.78, 5) is 34.2. The second-order valence-electron chi connectivity index (χ2n) is 10.9. The van der Waals surface area contributed by atoms with Crippen molar-refractivity contribution in [2.24, 2.45) is 0 Å². The van der Waals surface area contributed by atoms with E-state index in [-0.39, 0.29) is 19.4 Å². The molecule has 0 fully saturated rings. The van der Waals surface area contributed by atoms with E-state index in [0.29, 0.717) is 6.42 Å². The molecule has 0 aliphatic rings. The third kappa shape index (κ3) is 30.1. The van der Waals surface area contributed by atoms with E-state index in [0.717, 1.165) is 84.2 Å². The first kappa shape index (κ1) is 42.0. The molecule has 0 bridgehead atoms. The van der Waals surface area contributed by atoms with Crippen LogP contribution in [-0.2, 0) is 32.7 Å². The molecule has 0 aromatic rings. The third-order valence-corrected chi connectivity index (χ3v) is 7.74. The lowest BCUT2D eigenvalue weighted by atomic mass is 10.1. The van der Waals surface area contributed by atoms with E-state index in [9.17, 15) is 19.0 Å². The van der Waals surface area contributed by atoms with Crippen LogP contribution in [0.2, 0.25) is 0 Å². The maximum absolute atomic E-state index is 12.4. The third-order valence-electron chi connectivity index (χ3n) is 6.81. The molecule has 0 aliphatic heterocycles. The molecule has 44 heavy (non-hydrogen) atoms. The zero-order valence-electron chi connectivity index (χ0n) is 27.8. The molecule has 0 aliphatic carbocycles. The first-order chi connectivity index (χ1) is 21.3. The van der Waals surface area contributed by atoms with E-state index in [1.165, 1.54) is 25.7 Å². The van der Waals surface area contributed by atoms with Crippen LogP contribution in [-0.4, -0.2) is 43.3 Å². The van der Waals surface area contributed by atoms with Gasteiger partial charge in [-0.15, -0.1) is 0 Å². The second-order valence-corrected chi connectivity index (χ2v) is 12.5. The normalized spacial score (nSPS) is 14.2. The summed E-state index contributed by atoms with van der Waals surface area (Å²) in [5.41, 5.74) is 0. The zero-order chi connectivity index (χ0) is 32.6. The minimum atomic E-state index is -4.26. The molecule has 254 valence electrons. The van der Waals surface area contributed by atoms with Gasteiger partial charge >= 0.3 is 19.8 Å². The van der Waals surface area contributed by atoms with Gasteiger partial charge in [0.2, 0.25) is 0 Å². The Bertz CT molecular complexity index is 865. The first-order valence-electron chi connectivity index (χ1n) is 16.8. The molecule has 0 radical (unpaired) electrons. The van der Waals surface area contributed by atoms with Crippen molar-refractivity contribution in [3.8, 4) is 0 Å². The highest BCUT2D eigenvalue weighted by molar-refractivity contribution is 7.47. The fourth-order valence-electron chi connectivity index (χ4n) is 4.19. The van der Waals surface area contributed by atoms with E-state index in [1.807, 2.05) is 0 Å². The van der Waals surface area contributed by atoms with Gasteiger partial charge in [-0.1, -0.05) is 101 Å². The standard InChI is InChI=1S/C35H61O8P/c1-4-6-8-10-12-14-16-18-20-22-24-26-28-30-35(37)43-33(32-42-44(38,39)40-3)31-41-34(36)29-27-25-23-21-19-17-15-13-11-9-7-5-2/h6,8,12-15,18,20,33H,4-5,7,9-11,16-17,19,21-32H2,1-3H3,(H,38,39)/b8-6-,14-12-,15-13-,20-18-. The Morgan fingerprint density at radius 1 is 0.659 bits per heavy atom. The lowest BCUT2D eigenvalue weighted by Gasteiger charge is -2.19. The van der Waals surface area contributed by atoms with Crippen LogP contribution in [0.25, 0.3) is 0 Å². The van der Waals surface area contributed by atoms with Crippen LogP contribution in [0.15, 0.2) is 48.6 Å². The number of hydrogen-bond donors (Lipinski definition) is 1. The molecule has 0 saturated carbocycles. The number of carbonyl (C=O) groups excluding carboxylic acids is 2. The van der Waals surface area contributed by atoms with Gasteiger partial charge in [0.1, 0.15) is 6.61 Å². The predicted molar refractivity (Wildman–Crippen MR) is 179 cm³/mol. The second kappa shape index (κ2) is 31.0. The summed E-state index contributed by atoms with van der Waals surface area (Å²) < 4.78 is 31.7. The number of esters is 2. The Labute approximate surface area is 268 Å². The van der Waals surface area contributed by atoms with E-state index in [1.54, 1.807) is 0 Å². The molecule has 9 heteroatoms. The minimum Gasteiger partial charge on any atom is -0.462 e. The average Bonchev–Trinajstić information content (AvgIpc) is 3.01. The maximum atomic E-state index is 12.4. The Morgan fingerprint density at radius 2 is 1.16 bits per heavy atom. The van der Waals surface area contributed by atoms with Gasteiger partial charge in [0.15, 0.2) is 6.10 Å². The number of hydrogen-bond acceptors (Lipinski definition) is 7. The maximum Gasteiger partial charge on any atom is 0.472 e. The molecule has 1 N–H and O–H groups in total. The molecule has 0 aromatic heterocycles. The lowest BCUT2D eigenvalue weighted by molar-refractivity contribution is -0.161. The van der Waals surface area contributed by atoms with E-state index in [2.05, 4.69) is 67.0 Å². The van der Waals surface area contributed by atoms with E-state index < -0.39 is 32.5 Å². The topological polar surface area (TPSA) is 108 Å². The summed E-state index contributed by atoms with van der Waals surface area (Å²) in [5, 5.41) is 0. The van der Waals surface area contributed by atoms with Crippen LogP contribution in [0.1, 0.15) is 136 Å². The van der Waals surface area contributed by atoms with Crippen molar-refractivity contribution in [1.82, 2.24) is 0 Å². The fraction of sp³-hybridized carbons (Fsp3) is 0.714. The van der Waals surface area contributed by atoms with Crippen LogP contribution in [0.3, 0.4) is 0 Å². The molecule has 0 rings (SSSR count). The molecular formula is C35H61O8P. The van der Waals surface area contributed by atoms with Crippen molar-refractivity contribution < 1.29 is 37.6 Å². The summed E-state index contributed by atoms with van der Waals surface area (Å²) in [5.74, 6) is -0.856. The number of unbranched alkanes of at least 4 members (excludes halogenated alkanes) is 11. The molecule has 0 saturated heterocycles. The number of carbonyl (C=O) groups is 2. The van der Waals surface area contributed by atoms with Crippen molar-refractivity contribution in [3.05, 3.63) is 48.6 Å². The van der Waals surface area contributed by atoms with Gasteiger partial charge in [0, 0.05) is 20.0 Å². The van der Waals surface area contributed by atoms with Gasteiger partial charge in [0.05, 0.1) is 6.61 Å². The van der Waals surface area contributed by atoms with Gasteiger partial charge < -0.3 is 14.4 Å². The Morgan fingerprint density at radius 3 is 1.77 bits per heavy atom. The lowest BCUT2D eigenvalue weighted by Crippen LogP contribution is -2.29. The van der Waals surface area contributed by atoms with Crippen LogP contribution < -0.4 is 0 Å². The highest BCUT2D eigenvalue weighted by Crippen LogP contribution is 2.42. The predicted octanol–water partition coefficient (Wildman–Crippen LogP) is 9.88. The van der Waals surface area contributed by atoms with Crippen LogP contribution in [0, 0.1) is 0 Å². The van der Waals surface area contributed by atoms with Crippen LogP contribution in [0.4, 0.5) is 0 Å². The highest BCUT2D eigenvalue weighted by atomic mass is 31.2. The largest absolute Gasteiger partial charge is 0.472 e. The Balaban J connectivity index is 4.20. The van der Waals surface area contributed by atoms with Crippen molar-refractivity contribution in [2.45, 2.75) is 142 Å². The first-order valence-corrected chi connectivity index (χ1v) is 18.3. The molecular weight excluding hydrogens is 579 g/mol. The van der Waals surface area contributed by atoms with E-state index >= 15 is 0 Å². The summed E-state index contributed by atoms with van der Waals surface area (Å²) in [6.45, 7) is 3.68. The summed E-state index contributed by atoms with van der Waals surface area (Å²) >= 11 is 0.